The number of amides is 1. The van der Waals surface area contributed by atoms with Gasteiger partial charge in [-0.15, -0.1) is 0 Å². The predicted octanol–water partition coefficient (Wildman–Crippen LogP) is 2.66. The van der Waals surface area contributed by atoms with E-state index in [4.69, 9.17) is 4.74 Å². The lowest BCUT2D eigenvalue weighted by molar-refractivity contribution is 0.102. The first-order chi connectivity index (χ1) is 16.2. The molecular formula is C23H26FN5O4S. The van der Waals surface area contributed by atoms with Gasteiger partial charge in [0.05, 0.1) is 29.4 Å². The van der Waals surface area contributed by atoms with E-state index in [1.807, 2.05) is 4.90 Å². The van der Waals surface area contributed by atoms with Crippen molar-refractivity contribution in [3.63, 3.8) is 0 Å². The number of aryl methyl sites for hydroxylation is 1. The molecule has 0 bridgehead atoms. The molecule has 0 aliphatic carbocycles. The molecule has 0 radical (unpaired) electrons. The van der Waals surface area contributed by atoms with Gasteiger partial charge in [-0.05, 0) is 43.3 Å². The lowest BCUT2D eigenvalue weighted by atomic mass is 10.1. The van der Waals surface area contributed by atoms with Gasteiger partial charge < -0.3 is 19.5 Å². The van der Waals surface area contributed by atoms with Crippen LogP contribution in [0, 0.1) is 12.7 Å². The maximum Gasteiger partial charge on any atom is 0.257 e. The third kappa shape index (κ3) is 4.67. The lowest BCUT2D eigenvalue weighted by Crippen LogP contribution is -2.37. The van der Waals surface area contributed by atoms with E-state index >= 15 is 0 Å². The number of rotatable bonds is 6. The number of nitrogens with zero attached hydrogens (tertiary/aromatic N) is 4. The van der Waals surface area contributed by atoms with Crippen molar-refractivity contribution in [3.05, 3.63) is 66.0 Å². The van der Waals surface area contributed by atoms with Crippen molar-refractivity contribution in [1.29, 1.82) is 0 Å². The second kappa shape index (κ2) is 9.53. The minimum absolute atomic E-state index is 0.00299. The summed E-state index contributed by atoms with van der Waals surface area (Å²) in [5.41, 5.74) is 1.32. The van der Waals surface area contributed by atoms with Crippen molar-refractivity contribution in [3.8, 4) is 5.69 Å². The van der Waals surface area contributed by atoms with Crippen molar-refractivity contribution in [2.45, 2.75) is 11.8 Å². The molecule has 1 aromatic heterocycles. The molecule has 2 aromatic carbocycles. The van der Waals surface area contributed by atoms with Crippen LogP contribution in [0.5, 0.6) is 0 Å². The van der Waals surface area contributed by atoms with Gasteiger partial charge in [-0.2, -0.15) is 0 Å². The summed E-state index contributed by atoms with van der Waals surface area (Å²) in [6.07, 6.45) is 3.23. The molecule has 1 amide bonds. The summed E-state index contributed by atoms with van der Waals surface area (Å²) >= 11 is 0. The summed E-state index contributed by atoms with van der Waals surface area (Å²) in [5.74, 6) is -0.441. The van der Waals surface area contributed by atoms with Crippen molar-refractivity contribution < 1.29 is 22.3 Å². The minimum atomic E-state index is -3.75. The summed E-state index contributed by atoms with van der Waals surface area (Å²) in [6.45, 7) is 3.89. The van der Waals surface area contributed by atoms with Gasteiger partial charge in [0.15, 0.2) is 0 Å². The Labute approximate surface area is 197 Å². The van der Waals surface area contributed by atoms with E-state index in [0.29, 0.717) is 43.5 Å². The molecule has 34 heavy (non-hydrogen) atoms. The molecule has 2 heterocycles. The molecule has 0 spiro atoms. The first-order valence-electron chi connectivity index (χ1n) is 10.7. The second-order valence-electron chi connectivity index (χ2n) is 8.03. The molecule has 3 aromatic rings. The number of anilines is 2. The normalized spacial score (nSPS) is 14.4. The number of aromatic nitrogens is 2. The van der Waals surface area contributed by atoms with E-state index < -0.39 is 21.7 Å². The quantitative estimate of drug-likeness (QED) is 0.574. The van der Waals surface area contributed by atoms with Crippen LogP contribution < -0.4 is 10.2 Å². The molecule has 1 N–H and O–H groups in total. The van der Waals surface area contributed by atoms with E-state index in [9.17, 15) is 17.6 Å². The van der Waals surface area contributed by atoms with Crippen molar-refractivity contribution in [2.75, 3.05) is 50.6 Å². The predicted molar refractivity (Wildman–Crippen MR) is 127 cm³/mol. The highest BCUT2D eigenvalue weighted by molar-refractivity contribution is 7.89. The topological polar surface area (TPSA) is 96.8 Å². The third-order valence-electron chi connectivity index (χ3n) is 5.63. The number of carbonyl (C=O) groups excluding carboxylic acids is 1. The highest BCUT2D eigenvalue weighted by atomic mass is 32.2. The van der Waals surface area contributed by atoms with Crippen LogP contribution in [-0.4, -0.2) is 68.6 Å². The Balaban J connectivity index is 1.68. The van der Waals surface area contributed by atoms with Gasteiger partial charge in [0.2, 0.25) is 10.0 Å². The van der Waals surface area contributed by atoms with Gasteiger partial charge in [0.1, 0.15) is 11.6 Å². The van der Waals surface area contributed by atoms with Crippen molar-refractivity contribution >= 4 is 27.3 Å². The number of morpholine rings is 1. The first-order valence-corrected chi connectivity index (χ1v) is 12.1. The van der Waals surface area contributed by atoms with Crippen LogP contribution in [0.2, 0.25) is 0 Å². The van der Waals surface area contributed by atoms with E-state index in [1.54, 1.807) is 42.1 Å². The summed E-state index contributed by atoms with van der Waals surface area (Å²) < 4.78 is 48.3. The SMILES string of the molecule is Cc1nccn1-c1ccc(NC(=O)c2cc(S(=O)(=O)N(C)C)ccc2N2CCOCC2)cc1F. The van der Waals surface area contributed by atoms with Crippen LogP contribution in [0.3, 0.4) is 0 Å². The molecular weight excluding hydrogens is 461 g/mol. The molecule has 1 fully saturated rings. The molecule has 180 valence electrons. The Morgan fingerprint density at radius 1 is 1.12 bits per heavy atom. The van der Waals surface area contributed by atoms with E-state index in [1.165, 1.54) is 32.3 Å². The van der Waals surface area contributed by atoms with Crippen molar-refractivity contribution in [2.24, 2.45) is 0 Å². The number of nitrogens with one attached hydrogen (secondary N) is 1. The van der Waals surface area contributed by atoms with E-state index in [2.05, 4.69) is 10.3 Å². The van der Waals surface area contributed by atoms with E-state index in [0.717, 1.165) is 4.31 Å². The Hall–Kier alpha value is -3.28. The number of hydrogen-bond acceptors (Lipinski definition) is 6. The Bertz CT molecular complexity index is 1320. The number of halogens is 1. The number of hydrogen-bond donors (Lipinski definition) is 1. The average Bonchev–Trinajstić information content (AvgIpc) is 3.24. The summed E-state index contributed by atoms with van der Waals surface area (Å²) in [7, 11) is -0.898. The first kappa shape index (κ1) is 23.9. The molecule has 0 atom stereocenters. The molecule has 1 aliphatic heterocycles. The Morgan fingerprint density at radius 2 is 1.82 bits per heavy atom. The molecule has 0 unspecified atom stereocenters. The van der Waals surface area contributed by atoms with Crippen LogP contribution in [-0.2, 0) is 14.8 Å². The Morgan fingerprint density at radius 3 is 2.44 bits per heavy atom. The molecule has 1 saturated heterocycles. The van der Waals surface area contributed by atoms with Gasteiger partial charge in [-0.1, -0.05) is 0 Å². The number of carbonyl (C=O) groups is 1. The van der Waals surface area contributed by atoms with Crippen LogP contribution in [0.1, 0.15) is 16.2 Å². The Kier molecular flexibility index (Phi) is 6.69. The zero-order chi connectivity index (χ0) is 24.5. The van der Waals surface area contributed by atoms with Crippen LogP contribution in [0.25, 0.3) is 5.69 Å². The monoisotopic (exact) mass is 487 g/mol. The molecule has 1 aliphatic rings. The molecule has 11 heteroatoms. The highest BCUT2D eigenvalue weighted by Crippen LogP contribution is 2.28. The molecule has 9 nitrogen and oxygen atoms in total. The number of benzene rings is 2. The van der Waals surface area contributed by atoms with E-state index in [-0.39, 0.29) is 16.1 Å². The van der Waals surface area contributed by atoms with Gasteiger partial charge in [0, 0.05) is 51.0 Å². The zero-order valence-electron chi connectivity index (χ0n) is 19.2. The largest absolute Gasteiger partial charge is 0.378 e. The van der Waals surface area contributed by atoms with Crippen LogP contribution >= 0.6 is 0 Å². The fraction of sp³-hybridized carbons (Fsp3) is 0.304. The highest BCUT2D eigenvalue weighted by Gasteiger charge is 2.24. The summed E-state index contributed by atoms with van der Waals surface area (Å²) in [4.78, 5) is 19.4. The number of ether oxygens (including phenoxy) is 1. The maximum atomic E-state index is 14.8. The fourth-order valence-corrected chi connectivity index (χ4v) is 4.69. The van der Waals surface area contributed by atoms with Gasteiger partial charge in [-0.3, -0.25) is 4.79 Å². The number of sulfonamides is 1. The van der Waals surface area contributed by atoms with Crippen LogP contribution in [0.4, 0.5) is 15.8 Å². The third-order valence-corrected chi connectivity index (χ3v) is 7.44. The average molecular weight is 488 g/mol. The summed E-state index contributed by atoms with van der Waals surface area (Å²) in [5, 5.41) is 2.70. The van der Waals surface area contributed by atoms with Crippen LogP contribution in [0.15, 0.2) is 53.7 Å². The number of imidazole rings is 1. The molecule has 4 rings (SSSR count). The zero-order valence-corrected chi connectivity index (χ0v) is 20.0. The summed E-state index contributed by atoms with van der Waals surface area (Å²) in [6, 6.07) is 8.83. The fourth-order valence-electron chi connectivity index (χ4n) is 3.76. The second-order valence-corrected chi connectivity index (χ2v) is 10.2. The van der Waals surface area contributed by atoms with Gasteiger partial charge in [-0.25, -0.2) is 22.1 Å². The maximum absolute atomic E-state index is 14.8. The minimum Gasteiger partial charge on any atom is -0.378 e. The van der Waals surface area contributed by atoms with Gasteiger partial charge >= 0.3 is 0 Å². The standard InChI is InChI=1S/C23H26FN5O4S/c1-16-25-8-9-29(16)22-6-4-17(14-20(22)24)26-23(30)19-15-18(34(31,32)27(2)3)5-7-21(19)28-10-12-33-13-11-28/h4-9,14-15H,10-13H2,1-3H3,(H,26,30). The molecule has 0 saturated carbocycles. The lowest BCUT2D eigenvalue weighted by Gasteiger charge is -2.30. The van der Waals surface area contributed by atoms with Gasteiger partial charge in [0.25, 0.3) is 5.91 Å². The smallest absolute Gasteiger partial charge is 0.257 e. The van der Waals surface area contributed by atoms with Crippen molar-refractivity contribution in [1.82, 2.24) is 13.9 Å².